The van der Waals surface area contributed by atoms with E-state index in [2.05, 4.69) is 10.6 Å². The predicted octanol–water partition coefficient (Wildman–Crippen LogP) is 11.5. The summed E-state index contributed by atoms with van der Waals surface area (Å²) in [5.41, 5.74) is 7.29. The summed E-state index contributed by atoms with van der Waals surface area (Å²) in [5.74, 6) is 1.65. The van der Waals surface area contributed by atoms with Crippen LogP contribution in [0, 0.1) is 0 Å². The number of para-hydroxylation sites is 1. The highest BCUT2D eigenvalue weighted by molar-refractivity contribution is 6.17. The van der Waals surface area contributed by atoms with Crippen LogP contribution in [0.15, 0.2) is 174 Å². The van der Waals surface area contributed by atoms with Crippen LogP contribution in [0.3, 0.4) is 0 Å². The van der Waals surface area contributed by atoms with Crippen molar-refractivity contribution in [1.82, 2.24) is 19.5 Å². The molecular formula is C45H28N4O. The van der Waals surface area contributed by atoms with Gasteiger partial charge < -0.3 is 8.98 Å². The average molecular weight is 646 g/mol. The third-order valence-electron chi connectivity index (χ3n) is 9.14. The summed E-state index contributed by atoms with van der Waals surface area (Å²) in [6.45, 7) is 0. The van der Waals surface area contributed by atoms with Crippen LogP contribution in [0.2, 0.25) is 0 Å². The summed E-state index contributed by atoms with van der Waals surface area (Å²) in [5, 5.41) is 3.43. The van der Waals surface area contributed by atoms with E-state index in [4.69, 9.17) is 26.2 Å². The summed E-state index contributed by atoms with van der Waals surface area (Å²) < 4.78 is 51.1. The van der Waals surface area contributed by atoms with Crippen LogP contribution in [0.25, 0.3) is 94.7 Å². The summed E-state index contributed by atoms with van der Waals surface area (Å²) in [6, 6.07) is 43.8. The van der Waals surface area contributed by atoms with Crippen molar-refractivity contribution in [3.8, 4) is 51.0 Å². The highest BCUT2D eigenvalue weighted by Crippen LogP contribution is 2.41. The molecule has 0 aliphatic carbocycles. The number of benzene rings is 7. The van der Waals surface area contributed by atoms with E-state index in [1.54, 1.807) is 0 Å². The molecule has 0 N–H and O–H groups in total. The molecule has 5 heteroatoms. The number of furan rings is 1. The zero-order valence-electron chi connectivity index (χ0n) is 31.5. The highest BCUT2D eigenvalue weighted by Gasteiger charge is 2.20. The van der Waals surface area contributed by atoms with Crippen LogP contribution in [-0.4, -0.2) is 19.5 Å². The Morgan fingerprint density at radius 3 is 1.86 bits per heavy atom. The van der Waals surface area contributed by atoms with E-state index in [1.807, 2.05) is 133 Å². The molecule has 0 saturated heterocycles. The molecule has 3 heterocycles. The average Bonchev–Trinajstić information content (AvgIpc) is 3.78. The number of rotatable bonds is 5. The van der Waals surface area contributed by atoms with Crippen molar-refractivity contribution in [2.75, 3.05) is 0 Å². The van der Waals surface area contributed by atoms with Gasteiger partial charge in [0, 0.05) is 43.9 Å². The minimum atomic E-state index is -0.418. The zero-order valence-corrected chi connectivity index (χ0v) is 26.5. The molecule has 0 radical (unpaired) electrons. The minimum absolute atomic E-state index is 0.169. The molecule has 0 unspecified atom stereocenters. The van der Waals surface area contributed by atoms with Crippen LogP contribution >= 0.6 is 0 Å². The van der Waals surface area contributed by atoms with Gasteiger partial charge in [-0.1, -0.05) is 133 Å². The number of fused-ring (bicyclic) bond motifs is 6. The summed E-state index contributed by atoms with van der Waals surface area (Å²) >= 11 is 0. The number of hydrogen-bond acceptors (Lipinski definition) is 4. The van der Waals surface area contributed by atoms with Crippen LogP contribution in [0.1, 0.15) is 6.85 Å². The molecule has 0 amide bonds. The van der Waals surface area contributed by atoms with E-state index in [1.165, 1.54) is 0 Å². The Balaban J connectivity index is 1.22. The summed E-state index contributed by atoms with van der Waals surface area (Å²) in [4.78, 5) is 14.9. The Labute approximate surface area is 294 Å². The summed E-state index contributed by atoms with van der Waals surface area (Å²) in [6.07, 6.45) is 0. The smallest absolute Gasteiger partial charge is 0.164 e. The van der Waals surface area contributed by atoms with Gasteiger partial charge in [0.05, 0.1) is 17.9 Å². The molecule has 0 fully saturated rings. The predicted molar refractivity (Wildman–Crippen MR) is 203 cm³/mol. The van der Waals surface area contributed by atoms with E-state index < -0.39 is 6.04 Å². The Kier molecular flexibility index (Phi) is 5.35. The normalized spacial score (nSPS) is 13.0. The molecule has 0 saturated carbocycles. The monoisotopic (exact) mass is 645 g/mol. The molecule has 0 aliphatic rings. The lowest BCUT2D eigenvalue weighted by atomic mass is 9.99. The van der Waals surface area contributed by atoms with Gasteiger partial charge in [-0.05, 0) is 47.5 Å². The van der Waals surface area contributed by atoms with Crippen molar-refractivity contribution < 1.29 is 11.3 Å². The van der Waals surface area contributed by atoms with Gasteiger partial charge in [-0.25, -0.2) is 15.0 Å². The molecule has 0 atom stereocenters. The molecular weight excluding hydrogens is 613 g/mol. The summed E-state index contributed by atoms with van der Waals surface area (Å²) in [7, 11) is 0. The fourth-order valence-electron chi connectivity index (χ4n) is 6.96. The molecule has 0 aliphatic heterocycles. The number of aromatic nitrogens is 4. The maximum absolute atomic E-state index is 8.79. The molecule has 10 rings (SSSR count). The van der Waals surface area contributed by atoms with Crippen molar-refractivity contribution in [2.24, 2.45) is 0 Å². The molecule has 10 aromatic rings. The third kappa shape index (κ3) is 4.52. The van der Waals surface area contributed by atoms with Crippen LogP contribution < -0.4 is 0 Å². The Morgan fingerprint density at radius 2 is 1.10 bits per heavy atom. The fraction of sp³-hybridized carbons (Fsp3) is 0. The van der Waals surface area contributed by atoms with Crippen molar-refractivity contribution >= 4 is 43.7 Å². The van der Waals surface area contributed by atoms with E-state index in [9.17, 15) is 0 Å². The van der Waals surface area contributed by atoms with Crippen molar-refractivity contribution in [3.05, 3.63) is 170 Å². The Hall–Kier alpha value is -6.85. The first-order valence-electron chi connectivity index (χ1n) is 18.8. The lowest BCUT2D eigenvalue weighted by Crippen LogP contribution is -2.00. The second-order valence-electron chi connectivity index (χ2n) is 12.1. The number of nitrogens with zero attached hydrogens (tertiary/aromatic N) is 4. The molecule has 3 aromatic heterocycles. The topological polar surface area (TPSA) is 56.7 Å². The first kappa shape index (κ1) is 23.5. The van der Waals surface area contributed by atoms with E-state index in [0.29, 0.717) is 34.2 Å². The Bertz CT molecular complexity index is 3070. The molecule has 0 bridgehead atoms. The van der Waals surface area contributed by atoms with Gasteiger partial charge in [-0.3, -0.25) is 0 Å². The van der Waals surface area contributed by atoms with Gasteiger partial charge in [0.1, 0.15) is 11.2 Å². The molecule has 5 nitrogen and oxygen atoms in total. The Morgan fingerprint density at radius 1 is 0.460 bits per heavy atom. The lowest BCUT2D eigenvalue weighted by Gasteiger charge is -2.10. The van der Waals surface area contributed by atoms with Crippen molar-refractivity contribution in [1.29, 1.82) is 0 Å². The molecule has 234 valence electrons. The van der Waals surface area contributed by atoms with Crippen LogP contribution in [-0.2, 0) is 0 Å². The number of hydrogen-bond donors (Lipinski definition) is 0. The standard InChI is InChI=1S/C45H28N4O/c1-4-14-29(15-5-1)33-21-12-24-38-41(33)34-20-10-11-23-37(34)49(38)32-26-27-39-36(28-32)42-35(22-13-25-40(42)50-39)45-47-43(30-16-6-2-7-17-30)46-44(48-45)31-18-8-3-9-19-31/h1-28H/i1D,4D,5D,14D,15D. The maximum Gasteiger partial charge on any atom is 0.164 e. The van der Waals surface area contributed by atoms with Crippen molar-refractivity contribution in [2.45, 2.75) is 0 Å². The van der Waals surface area contributed by atoms with Gasteiger partial charge in [-0.15, -0.1) is 0 Å². The van der Waals surface area contributed by atoms with Crippen LogP contribution in [0.5, 0.6) is 0 Å². The lowest BCUT2D eigenvalue weighted by molar-refractivity contribution is 0.669. The van der Waals surface area contributed by atoms with Gasteiger partial charge in [-0.2, -0.15) is 0 Å². The van der Waals surface area contributed by atoms with Crippen LogP contribution in [0.4, 0.5) is 0 Å². The molecule has 50 heavy (non-hydrogen) atoms. The molecule has 0 spiro atoms. The quantitative estimate of drug-likeness (QED) is 0.187. The fourth-order valence-corrected chi connectivity index (χ4v) is 6.96. The first-order valence-corrected chi connectivity index (χ1v) is 16.3. The van der Waals surface area contributed by atoms with Gasteiger partial charge in [0.25, 0.3) is 0 Å². The zero-order chi connectivity index (χ0) is 37.4. The minimum Gasteiger partial charge on any atom is -0.456 e. The van der Waals surface area contributed by atoms with Gasteiger partial charge in [0.15, 0.2) is 17.5 Å². The van der Waals surface area contributed by atoms with E-state index in [0.717, 1.165) is 55.0 Å². The second-order valence-corrected chi connectivity index (χ2v) is 12.1. The van der Waals surface area contributed by atoms with E-state index >= 15 is 0 Å². The van der Waals surface area contributed by atoms with Crippen molar-refractivity contribution in [3.63, 3.8) is 0 Å². The first-order chi connectivity index (χ1) is 26.9. The highest BCUT2D eigenvalue weighted by atomic mass is 16.3. The molecule has 7 aromatic carbocycles. The maximum atomic E-state index is 8.79. The largest absolute Gasteiger partial charge is 0.456 e. The SMILES string of the molecule is [2H]c1c([2H])c([2H])c(-c2cccc3c2c2ccccc2n3-c2ccc3oc4cccc(-c5nc(-c6ccccc6)nc(-c6ccccc6)n5)c4c3c2)c([2H])c1[2H]. The van der Waals surface area contributed by atoms with Gasteiger partial charge >= 0.3 is 0 Å². The third-order valence-corrected chi connectivity index (χ3v) is 9.14. The van der Waals surface area contributed by atoms with E-state index in [-0.39, 0.29) is 29.7 Å². The van der Waals surface area contributed by atoms with Gasteiger partial charge in [0.2, 0.25) is 0 Å². The second kappa shape index (κ2) is 11.4.